The molecule has 0 atom stereocenters. The second kappa shape index (κ2) is 37.7. The number of carboxylic acids is 2. The second-order valence-electron chi connectivity index (χ2n) is 1.04. The van der Waals surface area contributed by atoms with Gasteiger partial charge in [0, 0.05) is 13.8 Å². The molecule has 0 aliphatic heterocycles. The Labute approximate surface area is 135 Å². The van der Waals surface area contributed by atoms with Crippen molar-refractivity contribution >= 4 is 87.4 Å². The summed E-state index contributed by atoms with van der Waals surface area (Å²) in [5, 5.41) is 14.8. The average Bonchev–Trinajstić information content (AvgIpc) is 1.25. The maximum atomic E-state index is 9.00. The Morgan fingerprint density at radius 2 is 0.769 bits per heavy atom. The second-order valence-corrected chi connectivity index (χ2v) is 1.04. The van der Waals surface area contributed by atoms with Gasteiger partial charge in [-0.05, 0) is 0 Å². The fraction of sp³-hybridized carbons (Fsp3) is 0.500. The predicted molar refractivity (Wildman–Crippen MR) is 54.5 cm³/mol. The molecule has 0 saturated heterocycles. The standard InChI is InChI=1S/2C2H4O2.2Ca.3H2O.4H/c2*1-2(3)4;;;;;;;;;/h2*1H3,(H,3,4);;;3*1H2;;;;. The molecule has 9 heteroatoms. The number of aliphatic carboxylic acids is 2. The first kappa shape index (κ1) is 47.4. The van der Waals surface area contributed by atoms with Crippen molar-refractivity contribution in [3.8, 4) is 0 Å². The summed E-state index contributed by atoms with van der Waals surface area (Å²) in [7, 11) is 0. The summed E-state index contributed by atoms with van der Waals surface area (Å²) in [6.45, 7) is 2.17. The molecule has 0 radical (unpaired) electrons. The molecule has 8 N–H and O–H groups in total. The van der Waals surface area contributed by atoms with Gasteiger partial charge in [-0.25, -0.2) is 0 Å². The van der Waals surface area contributed by atoms with Gasteiger partial charge in [-0.3, -0.25) is 9.59 Å². The van der Waals surface area contributed by atoms with Gasteiger partial charge in [0.15, 0.2) is 0 Å². The Bertz CT molecular complexity index is 76.5. The third-order valence-corrected chi connectivity index (χ3v) is 0. The van der Waals surface area contributed by atoms with Crippen LogP contribution in [0.25, 0.3) is 0 Å². The molecule has 13 heavy (non-hydrogen) atoms. The predicted octanol–water partition coefficient (Wildman–Crippen LogP) is -4.12. The van der Waals surface area contributed by atoms with Gasteiger partial charge in [-0.1, -0.05) is 0 Å². The van der Waals surface area contributed by atoms with E-state index in [1.807, 2.05) is 0 Å². The van der Waals surface area contributed by atoms with E-state index >= 15 is 0 Å². The van der Waals surface area contributed by atoms with E-state index in [2.05, 4.69) is 0 Å². The fourth-order valence-corrected chi connectivity index (χ4v) is 0. The minimum absolute atomic E-state index is 0. The summed E-state index contributed by atoms with van der Waals surface area (Å²) in [6, 6.07) is 0. The van der Waals surface area contributed by atoms with E-state index in [1.54, 1.807) is 0 Å². The molecule has 0 aromatic carbocycles. The van der Waals surface area contributed by atoms with E-state index in [-0.39, 0.29) is 91.9 Å². The maximum absolute atomic E-state index is 9.00. The van der Waals surface area contributed by atoms with E-state index in [1.165, 1.54) is 0 Å². The van der Waals surface area contributed by atoms with Crippen LogP contribution in [0, 0.1) is 0 Å². The summed E-state index contributed by atoms with van der Waals surface area (Å²) in [5.74, 6) is -1.67. The van der Waals surface area contributed by atoms with Crippen LogP contribution >= 0.6 is 0 Å². The van der Waals surface area contributed by atoms with Crippen molar-refractivity contribution in [3.63, 3.8) is 0 Å². The minimum atomic E-state index is -0.833. The molecule has 0 fully saturated rings. The van der Waals surface area contributed by atoms with Crippen LogP contribution in [0.1, 0.15) is 13.8 Å². The van der Waals surface area contributed by atoms with Crippen LogP contribution in [0.5, 0.6) is 0 Å². The molecular weight excluding hydrogens is 240 g/mol. The number of carboxylic acid groups (broad SMARTS) is 2. The number of hydrogen-bond donors (Lipinski definition) is 2. The van der Waals surface area contributed by atoms with Gasteiger partial charge in [0.05, 0.1) is 0 Å². The molecule has 0 aliphatic carbocycles. The van der Waals surface area contributed by atoms with Crippen molar-refractivity contribution in [2.75, 3.05) is 0 Å². The number of carbonyl (C=O) groups is 2. The van der Waals surface area contributed by atoms with Crippen molar-refractivity contribution in [2.24, 2.45) is 0 Å². The van der Waals surface area contributed by atoms with E-state index in [0.717, 1.165) is 13.8 Å². The Hall–Kier alpha value is 1.34. The van der Waals surface area contributed by atoms with Crippen LogP contribution < -0.4 is 0 Å². The first-order valence-electron chi connectivity index (χ1n) is 1.86. The summed E-state index contributed by atoms with van der Waals surface area (Å²) in [5.41, 5.74) is 0. The zero-order chi connectivity index (χ0) is 7.15. The molecule has 7 nitrogen and oxygen atoms in total. The molecule has 0 rings (SSSR count). The van der Waals surface area contributed by atoms with Crippen LogP contribution in [0.2, 0.25) is 0 Å². The normalized spacial score (nSPS) is 3.85. The Morgan fingerprint density at radius 1 is 0.769 bits per heavy atom. The fourth-order valence-electron chi connectivity index (χ4n) is 0. The molecule has 0 unspecified atom stereocenters. The van der Waals surface area contributed by atoms with E-state index in [0.29, 0.717) is 0 Å². The van der Waals surface area contributed by atoms with Gasteiger partial charge in [-0.15, -0.1) is 0 Å². The Morgan fingerprint density at radius 3 is 0.769 bits per heavy atom. The van der Waals surface area contributed by atoms with Gasteiger partial charge in [0.1, 0.15) is 0 Å². The van der Waals surface area contributed by atoms with Gasteiger partial charge in [-0.2, -0.15) is 0 Å². The molecule has 0 bridgehead atoms. The first-order valence-corrected chi connectivity index (χ1v) is 1.86. The molecule has 80 valence electrons. The van der Waals surface area contributed by atoms with Crippen molar-refractivity contribution in [1.29, 1.82) is 0 Å². The van der Waals surface area contributed by atoms with Gasteiger partial charge in [0.25, 0.3) is 11.9 Å². The van der Waals surface area contributed by atoms with Gasteiger partial charge < -0.3 is 26.6 Å². The zero-order valence-corrected chi connectivity index (χ0v) is 6.21. The van der Waals surface area contributed by atoms with Crippen molar-refractivity contribution in [3.05, 3.63) is 0 Å². The zero-order valence-electron chi connectivity index (χ0n) is 6.21. The number of hydrogen-bond acceptors (Lipinski definition) is 2. The molecule has 0 spiro atoms. The third-order valence-electron chi connectivity index (χ3n) is 0. The Kier molecular flexibility index (Phi) is 137. The summed E-state index contributed by atoms with van der Waals surface area (Å²) in [4.78, 5) is 18.0. The molecular formula is C4H18Ca2O7. The van der Waals surface area contributed by atoms with E-state index in [9.17, 15) is 0 Å². The number of rotatable bonds is 0. The van der Waals surface area contributed by atoms with Crippen molar-refractivity contribution < 1.29 is 36.2 Å². The molecule has 0 aliphatic rings. The van der Waals surface area contributed by atoms with Crippen molar-refractivity contribution in [2.45, 2.75) is 13.8 Å². The molecule has 0 heterocycles. The van der Waals surface area contributed by atoms with Crippen LogP contribution in [0.4, 0.5) is 0 Å². The third kappa shape index (κ3) is 956. The summed E-state index contributed by atoms with van der Waals surface area (Å²) in [6.07, 6.45) is 0. The van der Waals surface area contributed by atoms with Crippen molar-refractivity contribution in [1.82, 2.24) is 0 Å². The van der Waals surface area contributed by atoms with Gasteiger partial charge in [0.2, 0.25) is 0 Å². The van der Waals surface area contributed by atoms with E-state index in [4.69, 9.17) is 19.8 Å². The summed E-state index contributed by atoms with van der Waals surface area (Å²) >= 11 is 0. The topological polar surface area (TPSA) is 169 Å². The van der Waals surface area contributed by atoms with Crippen LogP contribution in [-0.2, 0) is 9.59 Å². The molecule has 0 aromatic heterocycles. The SMILES string of the molecule is CC(=O)O.CC(=O)O.O.O.O.[CaH2].[CaH2]. The van der Waals surface area contributed by atoms with Crippen LogP contribution in [0.15, 0.2) is 0 Å². The average molecular weight is 258 g/mol. The molecule has 0 amide bonds. The Balaban J connectivity index is -0.00000000800. The van der Waals surface area contributed by atoms with Crippen LogP contribution in [0.3, 0.4) is 0 Å². The monoisotopic (exact) mass is 258 g/mol. The summed E-state index contributed by atoms with van der Waals surface area (Å²) < 4.78 is 0. The van der Waals surface area contributed by atoms with E-state index < -0.39 is 11.9 Å². The first-order chi connectivity index (χ1) is 3.46. The van der Waals surface area contributed by atoms with Gasteiger partial charge >= 0.3 is 75.5 Å². The quantitative estimate of drug-likeness (QED) is 0.421. The molecule has 0 saturated carbocycles. The van der Waals surface area contributed by atoms with Crippen LogP contribution in [-0.4, -0.2) is 114 Å². The molecule has 0 aromatic rings.